The highest BCUT2D eigenvalue weighted by atomic mass is 32.2. The minimum atomic E-state index is 0.436. The Bertz CT molecular complexity index is 545. The fraction of sp³-hybridized carbons (Fsp3) is 0.545. The number of hydrogen-bond donors (Lipinski definition) is 1. The SMILES string of the molecule is Cc1cc(CSc2nnc(CN)n2C2CC2)on1. The van der Waals surface area contributed by atoms with Gasteiger partial charge in [-0.2, -0.15) is 0 Å². The maximum absolute atomic E-state index is 5.68. The van der Waals surface area contributed by atoms with Gasteiger partial charge < -0.3 is 14.8 Å². The molecule has 0 aromatic carbocycles. The van der Waals surface area contributed by atoms with Crippen molar-refractivity contribution in [3.05, 3.63) is 23.3 Å². The normalized spacial score (nSPS) is 15.2. The molecule has 1 saturated carbocycles. The van der Waals surface area contributed by atoms with Gasteiger partial charge in [-0.25, -0.2) is 0 Å². The maximum Gasteiger partial charge on any atom is 0.191 e. The van der Waals surface area contributed by atoms with Gasteiger partial charge in [-0.1, -0.05) is 16.9 Å². The molecule has 2 heterocycles. The van der Waals surface area contributed by atoms with E-state index in [0.29, 0.717) is 12.6 Å². The zero-order valence-corrected chi connectivity index (χ0v) is 11.0. The van der Waals surface area contributed by atoms with E-state index in [1.54, 1.807) is 11.8 Å². The van der Waals surface area contributed by atoms with Crippen LogP contribution in [0.25, 0.3) is 0 Å². The zero-order valence-electron chi connectivity index (χ0n) is 10.2. The fourth-order valence-electron chi connectivity index (χ4n) is 1.86. The average molecular weight is 265 g/mol. The van der Waals surface area contributed by atoms with Gasteiger partial charge >= 0.3 is 0 Å². The number of aryl methyl sites for hydroxylation is 1. The Kier molecular flexibility index (Phi) is 3.09. The number of rotatable bonds is 5. The molecule has 1 aliphatic carbocycles. The van der Waals surface area contributed by atoms with Crippen LogP contribution in [-0.2, 0) is 12.3 Å². The first-order valence-corrected chi connectivity index (χ1v) is 6.95. The Hall–Kier alpha value is -1.34. The second kappa shape index (κ2) is 4.74. The molecule has 0 bridgehead atoms. The number of hydrogen-bond acceptors (Lipinski definition) is 6. The van der Waals surface area contributed by atoms with Gasteiger partial charge in [-0.3, -0.25) is 0 Å². The van der Waals surface area contributed by atoms with Crippen LogP contribution < -0.4 is 5.73 Å². The van der Waals surface area contributed by atoms with Crippen molar-refractivity contribution in [2.75, 3.05) is 0 Å². The summed E-state index contributed by atoms with van der Waals surface area (Å²) in [6.07, 6.45) is 2.39. The molecule has 0 spiro atoms. The number of thioether (sulfide) groups is 1. The van der Waals surface area contributed by atoms with E-state index in [2.05, 4.69) is 19.9 Å². The van der Waals surface area contributed by atoms with Crippen molar-refractivity contribution >= 4 is 11.8 Å². The molecular formula is C11H15N5OS. The summed E-state index contributed by atoms with van der Waals surface area (Å²) in [5, 5.41) is 13.1. The molecule has 0 unspecified atom stereocenters. The summed E-state index contributed by atoms with van der Waals surface area (Å²) in [4.78, 5) is 0. The molecule has 0 radical (unpaired) electrons. The summed E-state index contributed by atoms with van der Waals surface area (Å²) in [6, 6.07) is 2.48. The van der Waals surface area contributed by atoms with Crippen molar-refractivity contribution in [1.82, 2.24) is 19.9 Å². The van der Waals surface area contributed by atoms with Gasteiger partial charge in [-0.05, 0) is 19.8 Å². The van der Waals surface area contributed by atoms with Crippen LogP contribution in [0.5, 0.6) is 0 Å². The van der Waals surface area contributed by atoms with Crippen LogP contribution in [0.3, 0.4) is 0 Å². The molecule has 2 N–H and O–H groups in total. The molecule has 0 atom stereocenters. The molecule has 6 nitrogen and oxygen atoms in total. The first-order valence-electron chi connectivity index (χ1n) is 5.96. The first kappa shape index (κ1) is 11.7. The summed E-state index contributed by atoms with van der Waals surface area (Å²) in [5.74, 6) is 2.45. The molecule has 0 amide bonds. The Labute approximate surface area is 109 Å². The van der Waals surface area contributed by atoms with Crippen LogP contribution >= 0.6 is 11.8 Å². The molecule has 7 heteroatoms. The molecule has 0 aliphatic heterocycles. The third-order valence-electron chi connectivity index (χ3n) is 2.85. The van der Waals surface area contributed by atoms with Gasteiger partial charge in [0.2, 0.25) is 0 Å². The highest BCUT2D eigenvalue weighted by Crippen LogP contribution is 2.39. The molecule has 1 aliphatic rings. The van der Waals surface area contributed by atoms with Crippen molar-refractivity contribution in [1.29, 1.82) is 0 Å². The quantitative estimate of drug-likeness (QED) is 0.828. The average Bonchev–Trinajstić information content (AvgIpc) is 2.99. The molecule has 0 saturated heterocycles. The van der Waals surface area contributed by atoms with Gasteiger partial charge in [0, 0.05) is 12.1 Å². The van der Waals surface area contributed by atoms with Gasteiger partial charge in [0.05, 0.1) is 18.0 Å². The number of aromatic nitrogens is 4. The van der Waals surface area contributed by atoms with Gasteiger partial charge in [0.1, 0.15) is 11.6 Å². The lowest BCUT2D eigenvalue weighted by molar-refractivity contribution is 0.391. The van der Waals surface area contributed by atoms with Crippen LogP contribution in [0.1, 0.15) is 36.2 Å². The van der Waals surface area contributed by atoms with Crippen LogP contribution in [-0.4, -0.2) is 19.9 Å². The number of nitrogens with zero attached hydrogens (tertiary/aromatic N) is 4. The summed E-state index contributed by atoms with van der Waals surface area (Å²) in [5.41, 5.74) is 6.58. The van der Waals surface area contributed by atoms with Gasteiger partial charge in [0.25, 0.3) is 0 Å². The summed E-state index contributed by atoms with van der Waals surface area (Å²) >= 11 is 1.62. The Morgan fingerprint density at radius 2 is 2.33 bits per heavy atom. The minimum absolute atomic E-state index is 0.436. The Balaban J connectivity index is 1.74. The standard InChI is InChI=1S/C11H15N5OS/c1-7-4-9(17-15-7)6-18-11-14-13-10(5-12)16(11)8-2-3-8/h4,8H,2-3,5-6,12H2,1H3. The van der Waals surface area contributed by atoms with Crippen molar-refractivity contribution in [3.8, 4) is 0 Å². The zero-order chi connectivity index (χ0) is 12.5. The molecule has 1 fully saturated rings. The summed E-state index contributed by atoms with van der Waals surface area (Å²) in [7, 11) is 0. The van der Waals surface area contributed by atoms with Crippen molar-refractivity contribution in [2.45, 2.75) is 43.3 Å². The Morgan fingerprint density at radius 1 is 1.50 bits per heavy atom. The van der Waals surface area contributed by atoms with Crippen molar-refractivity contribution in [2.24, 2.45) is 5.73 Å². The predicted octanol–water partition coefficient (Wildman–Crippen LogP) is 1.66. The predicted molar refractivity (Wildman–Crippen MR) is 67.0 cm³/mol. The smallest absolute Gasteiger partial charge is 0.191 e. The molecule has 3 rings (SSSR count). The van der Waals surface area contributed by atoms with E-state index >= 15 is 0 Å². The lowest BCUT2D eigenvalue weighted by Crippen LogP contribution is -2.07. The lowest BCUT2D eigenvalue weighted by atomic mass is 10.4. The van der Waals surface area contributed by atoms with Crippen LogP contribution in [0.15, 0.2) is 15.7 Å². The summed E-state index contributed by atoms with van der Waals surface area (Å²) < 4.78 is 7.34. The van der Waals surface area contributed by atoms with E-state index in [1.807, 2.05) is 13.0 Å². The van der Waals surface area contributed by atoms with Gasteiger partial charge in [-0.15, -0.1) is 10.2 Å². The van der Waals surface area contributed by atoms with E-state index in [-0.39, 0.29) is 0 Å². The third kappa shape index (κ3) is 2.28. The second-order valence-corrected chi connectivity index (χ2v) is 5.37. The highest BCUT2D eigenvalue weighted by molar-refractivity contribution is 7.98. The molecule has 18 heavy (non-hydrogen) atoms. The minimum Gasteiger partial charge on any atom is -0.360 e. The van der Waals surface area contributed by atoms with Gasteiger partial charge in [0.15, 0.2) is 5.16 Å². The first-order chi connectivity index (χ1) is 8.78. The highest BCUT2D eigenvalue weighted by Gasteiger charge is 2.29. The lowest BCUT2D eigenvalue weighted by Gasteiger charge is -2.06. The Morgan fingerprint density at radius 3 is 2.94 bits per heavy atom. The summed E-state index contributed by atoms with van der Waals surface area (Å²) in [6.45, 7) is 2.35. The topological polar surface area (TPSA) is 82.8 Å². The second-order valence-electron chi connectivity index (χ2n) is 4.43. The van der Waals surface area contributed by atoms with Crippen LogP contribution in [0, 0.1) is 6.92 Å². The molecule has 2 aromatic rings. The van der Waals surface area contributed by atoms with Crippen molar-refractivity contribution in [3.63, 3.8) is 0 Å². The fourth-order valence-corrected chi connectivity index (χ4v) is 2.76. The van der Waals surface area contributed by atoms with E-state index in [9.17, 15) is 0 Å². The van der Waals surface area contributed by atoms with E-state index in [1.165, 1.54) is 12.8 Å². The molecular weight excluding hydrogens is 250 g/mol. The molecule has 96 valence electrons. The van der Waals surface area contributed by atoms with Crippen LogP contribution in [0.4, 0.5) is 0 Å². The largest absolute Gasteiger partial charge is 0.360 e. The maximum atomic E-state index is 5.68. The van der Waals surface area contributed by atoms with Crippen molar-refractivity contribution < 1.29 is 4.52 Å². The third-order valence-corrected chi connectivity index (χ3v) is 3.82. The van der Waals surface area contributed by atoms with E-state index in [4.69, 9.17) is 10.3 Å². The molecule has 2 aromatic heterocycles. The van der Waals surface area contributed by atoms with E-state index < -0.39 is 0 Å². The number of nitrogens with two attached hydrogens (primary N) is 1. The van der Waals surface area contributed by atoms with Crippen LogP contribution in [0.2, 0.25) is 0 Å². The van der Waals surface area contributed by atoms with E-state index in [0.717, 1.165) is 28.2 Å². The monoisotopic (exact) mass is 265 g/mol.